The van der Waals surface area contributed by atoms with E-state index in [1.807, 2.05) is 6.08 Å². The van der Waals surface area contributed by atoms with Gasteiger partial charge in [-0.2, -0.15) is 0 Å². The van der Waals surface area contributed by atoms with E-state index in [2.05, 4.69) is 36.9 Å². The van der Waals surface area contributed by atoms with Crippen LogP contribution in [0.2, 0.25) is 0 Å². The number of hydrogen-bond donors (Lipinski definition) is 0. The molecule has 1 aromatic rings. The molecule has 21 heavy (non-hydrogen) atoms. The zero-order chi connectivity index (χ0) is 14.8. The van der Waals surface area contributed by atoms with Gasteiger partial charge in [0.2, 0.25) is 0 Å². The van der Waals surface area contributed by atoms with Gasteiger partial charge >= 0.3 is 0 Å². The zero-order valence-electron chi connectivity index (χ0n) is 13.0. The summed E-state index contributed by atoms with van der Waals surface area (Å²) in [4.78, 5) is 14.3. The molecule has 0 heterocycles. The Balaban J connectivity index is 1.87. The number of fused-ring (bicyclic) bond motifs is 1. The number of carbonyl (C=O) groups is 1. The first-order chi connectivity index (χ1) is 10.2. The van der Waals surface area contributed by atoms with Gasteiger partial charge in [-0.05, 0) is 54.2 Å². The Kier molecular flexibility index (Phi) is 3.96. The topological polar surface area (TPSA) is 20.3 Å². The molecular weight excluding hydrogens is 258 g/mol. The minimum atomic E-state index is 0.208. The fraction of sp³-hybridized carbons (Fsp3) is 0.421. The van der Waals surface area contributed by atoms with Crippen LogP contribution >= 0.6 is 0 Å². The van der Waals surface area contributed by atoms with E-state index in [1.54, 1.807) is 6.08 Å². The Morgan fingerprint density at radius 1 is 1.00 bits per heavy atom. The third kappa shape index (κ3) is 2.67. The average molecular weight is 281 g/mol. The van der Waals surface area contributed by atoms with Crippen molar-refractivity contribution in [2.75, 3.05) is 18.0 Å². The van der Waals surface area contributed by atoms with E-state index < -0.39 is 0 Å². The average Bonchev–Trinajstić information content (AvgIpc) is 2.85. The number of benzene rings is 1. The second-order valence-electron chi connectivity index (χ2n) is 5.99. The third-order valence-corrected chi connectivity index (χ3v) is 4.41. The number of ketones is 1. The molecule has 0 radical (unpaired) electrons. The van der Waals surface area contributed by atoms with Gasteiger partial charge in [0.25, 0.3) is 0 Å². The summed E-state index contributed by atoms with van der Waals surface area (Å²) in [5.74, 6) is 0.208. The molecule has 0 bridgehead atoms. The highest BCUT2D eigenvalue weighted by Gasteiger charge is 2.24. The summed E-state index contributed by atoms with van der Waals surface area (Å²) in [6, 6.07) is 6.80. The molecule has 0 unspecified atom stereocenters. The van der Waals surface area contributed by atoms with Gasteiger partial charge in [-0.15, -0.1) is 0 Å². The fourth-order valence-corrected chi connectivity index (χ4v) is 3.35. The SMILES string of the molecule is CCCN(CCC)c1ccc2c(c1)CC1=C(C=CC1=O)C2. The maximum absolute atomic E-state index is 11.9. The normalized spacial score (nSPS) is 16.2. The Hall–Kier alpha value is -1.83. The first kappa shape index (κ1) is 14.1. The minimum Gasteiger partial charge on any atom is -0.372 e. The zero-order valence-corrected chi connectivity index (χ0v) is 13.0. The first-order valence-corrected chi connectivity index (χ1v) is 8.04. The largest absolute Gasteiger partial charge is 0.372 e. The Labute approximate surface area is 127 Å². The lowest BCUT2D eigenvalue weighted by molar-refractivity contribution is -0.111. The van der Waals surface area contributed by atoms with Crippen LogP contribution in [-0.2, 0) is 17.6 Å². The molecule has 2 aliphatic carbocycles. The molecule has 110 valence electrons. The summed E-state index contributed by atoms with van der Waals surface area (Å²) in [5, 5.41) is 0. The second kappa shape index (κ2) is 5.88. The quantitative estimate of drug-likeness (QED) is 0.817. The molecule has 0 spiro atoms. The molecule has 2 heteroatoms. The molecule has 2 aliphatic rings. The predicted molar refractivity (Wildman–Crippen MR) is 87.8 cm³/mol. The molecule has 0 N–H and O–H groups in total. The standard InChI is InChI=1S/C19H23NO/c1-3-9-20(10-4-2)17-7-5-14-11-15-6-8-19(21)18(15)13-16(14)12-17/h5-8,12H,3-4,9-11,13H2,1-2H3. The molecule has 0 atom stereocenters. The molecule has 0 amide bonds. The van der Waals surface area contributed by atoms with Crippen LogP contribution in [0.5, 0.6) is 0 Å². The lowest BCUT2D eigenvalue weighted by Crippen LogP contribution is -2.25. The number of rotatable bonds is 5. The summed E-state index contributed by atoms with van der Waals surface area (Å²) in [7, 11) is 0. The lowest BCUT2D eigenvalue weighted by atomic mass is 9.86. The van der Waals surface area contributed by atoms with Crippen LogP contribution in [0.1, 0.15) is 37.8 Å². The molecule has 0 fully saturated rings. The van der Waals surface area contributed by atoms with Crippen molar-refractivity contribution >= 4 is 11.5 Å². The van der Waals surface area contributed by atoms with Crippen LogP contribution in [0.4, 0.5) is 5.69 Å². The molecule has 3 rings (SSSR count). The van der Waals surface area contributed by atoms with Crippen molar-refractivity contribution in [2.45, 2.75) is 39.5 Å². The van der Waals surface area contributed by atoms with E-state index in [0.29, 0.717) is 0 Å². The predicted octanol–water partition coefficient (Wildman–Crippen LogP) is 3.85. The summed E-state index contributed by atoms with van der Waals surface area (Å²) >= 11 is 0. The van der Waals surface area contributed by atoms with Crippen LogP contribution in [0, 0.1) is 0 Å². The van der Waals surface area contributed by atoms with Crippen molar-refractivity contribution in [1.82, 2.24) is 0 Å². The highest BCUT2D eigenvalue weighted by Crippen LogP contribution is 2.33. The molecule has 0 saturated carbocycles. The monoisotopic (exact) mass is 281 g/mol. The third-order valence-electron chi connectivity index (χ3n) is 4.41. The lowest BCUT2D eigenvalue weighted by Gasteiger charge is -2.26. The van der Waals surface area contributed by atoms with Crippen molar-refractivity contribution in [2.24, 2.45) is 0 Å². The van der Waals surface area contributed by atoms with Crippen molar-refractivity contribution in [3.05, 3.63) is 52.6 Å². The van der Waals surface area contributed by atoms with Gasteiger partial charge in [-0.25, -0.2) is 0 Å². The Morgan fingerprint density at radius 2 is 1.76 bits per heavy atom. The first-order valence-electron chi connectivity index (χ1n) is 8.04. The molecule has 2 nitrogen and oxygen atoms in total. The summed E-state index contributed by atoms with van der Waals surface area (Å²) in [5.41, 5.74) is 6.25. The molecule has 0 saturated heterocycles. The fourth-order valence-electron chi connectivity index (χ4n) is 3.35. The van der Waals surface area contributed by atoms with Crippen molar-refractivity contribution in [3.63, 3.8) is 0 Å². The number of allylic oxidation sites excluding steroid dienone is 4. The van der Waals surface area contributed by atoms with Gasteiger partial charge in [0.05, 0.1) is 0 Å². The molecular formula is C19H23NO. The summed E-state index contributed by atoms with van der Waals surface area (Å²) < 4.78 is 0. The van der Waals surface area contributed by atoms with E-state index in [9.17, 15) is 4.79 Å². The number of nitrogens with zero attached hydrogens (tertiary/aromatic N) is 1. The number of carbonyl (C=O) groups excluding carboxylic acids is 1. The van der Waals surface area contributed by atoms with Crippen LogP contribution in [0.15, 0.2) is 41.5 Å². The second-order valence-corrected chi connectivity index (χ2v) is 5.99. The smallest absolute Gasteiger partial charge is 0.182 e. The highest BCUT2D eigenvalue weighted by atomic mass is 16.1. The van der Waals surface area contributed by atoms with Crippen molar-refractivity contribution in [3.8, 4) is 0 Å². The molecule has 0 aromatic heterocycles. The van der Waals surface area contributed by atoms with E-state index >= 15 is 0 Å². The van der Waals surface area contributed by atoms with E-state index in [-0.39, 0.29) is 5.78 Å². The van der Waals surface area contributed by atoms with E-state index in [4.69, 9.17) is 0 Å². The summed E-state index contributed by atoms with van der Waals surface area (Å²) in [6.07, 6.45) is 7.75. The van der Waals surface area contributed by atoms with E-state index in [0.717, 1.165) is 44.3 Å². The van der Waals surface area contributed by atoms with Crippen molar-refractivity contribution < 1.29 is 4.79 Å². The highest BCUT2D eigenvalue weighted by molar-refractivity contribution is 6.08. The minimum absolute atomic E-state index is 0.208. The number of hydrogen-bond acceptors (Lipinski definition) is 2. The summed E-state index contributed by atoms with van der Waals surface area (Å²) in [6.45, 7) is 6.64. The van der Waals surface area contributed by atoms with Crippen LogP contribution in [-0.4, -0.2) is 18.9 Å². The van der Waals surface area contributed by atoms with Gasteiger partial charge in [0.15, 0.2) is 5.78 Å². The van der Waals surface area contributed by atoms with Gasteiger partial charge in [-0.1, -0.05) is 26.0 Å². The maximum atomic E-state index is 11.9. The van der Waals surface area contributed by atoms with Gasteiger partial charge in [-0.3, -0.25) is 4.79 Å². The molecule has 0 aliphatic heterocycles. The Bertz CT molecular complexity index is 618. The molecule has 1 aromatic carbocycles. The Morgan fingerprint density at radius 3 is 2.48 bits per heavy atom. The maximum Gasteiger partial charge on any atom is 0.182 e. The van der Waals surface area contributed by atoms with Crippen molar-refractivity contribution in [1.29, 1.82) is 0 Å². The van der Waals surface area contributed by atoms with Crippen LogP contribution < -0.4 is 4.90 Å². The van der Waals surface area contributed by atoms with Gasteiger partial charge in [0.1, 0.15) is 0 Å². The van der Waals surface area contributed by atoms with Gasteiger partial charge in [0, 0.05) is 30.8 Å². The van der Waals surface area contributed by atoms with E-state index in [1.165, 1.54) is 22.4 Å². The van der Waals surface area contributed by atoms with Crippen LogP contribution in [0.3, 0.4) is 0 Å². The number of anilines is 1. The van der Waals surface area contributed by atoms with Gasteiger partial charge < -0.3 is 4.90 Å². The van der Waals surface area contributed by atoms with Crippen LogP contribution in [0.25, 0.3) is 0 Å².